The van der Waals surface area contributed by atoms with Gasteiger partial charge in [0.25, 0.3) is 0 Å². The minimum absolute atomic E-state index is 0.190. The topological polar surface area (TPSA) is 149 Å². The van der Waals surface area contributed by atoms with Gasteiger partial charge in [0.05, 0.1) is 25.4 Å². The number of aliphatic hydroxyl groups is 5. The van der Waals surface area contributed by atoms with E-state index in [0.29, 0.717) is 6.42 Å². The number of hydrogen-bond donors (Lipinski definition) is 6. The summed E-state index contributed by atoms with van der Waals surface area (Å²) in [4.78, 5) is 12.6. The summed E-state index contributed by atoms with van der Waals surface area (Å²) < 4.78 is 10.9. The van der Waals surface area contributed by atoms with E-state index >= 15 is 0 Å². The predicted molar refractivity (Wildman–Crippen MR) is 143 cm³/mol. The molecule has 1 amide bonds. The quantitative estimate of drug-likeness (QED) is 0.0978. The molecular weight excluding hydrogens is 478 g/mol. The lowest BCUT2D eigenvalue weighted by Gasteiger charge is -2.40. The number of nitrogens with one attached hydrogen (secondary N) is 1. The second-order valence-corrected chi connectivity index (χ2v) is 10.2. The molecule has 37 heavy (non-hydrogen) atoms. The van der Waals surface area contributed by atoms with Crippen molar-refractivity contribution in [3.05, 3.63) is 12.2 Å². The van der Waals surface area contributed by atoms with E-state index in [1.165, 1.54) is 51.4 Å². The fourth-order valence-electron chi connectivity index (χ4n) is 4.39. The molecule has 0 aromatic rings. The average molecular weight is 532 g/mol. The molecule has 1 rings (SSSR count). The smallest absolute Gasteiger partial charge is 0.220 e. The van der Waals surface area contributed by atoms with Crippen LogP contribution in [-0.4, -0.2) is 87.5 Å². The van der Waals surface area contributed by atoms with Crippen LogP contribution in [0.25, 0.3) is 0 Å². The van der Waals surface area contributed by atoms with Gasteiger partial charge in [-0.1, -0.05) is 96.6 Å². The SMILES string of the molecule is CCC/C=C/C(O)C(COC1OC(CO)C(O)C(O)C1O)NC(=O)CCCCCCCCCCCCC. The minimum atomic E-state index is -1.56. The molecular formula is C28H53NO8. The van der Waals surface area contributed by atoms with Gasteiger partial charge in [0.15, 0.2) is 6.29 Å². The molecule has 0 radical (unpaired) electrons. The second kappa shape index (κ2) is 20.8. The van der Waals surface area contributed by atoms with Crippen LogP contribution in [0.15, 0.2) is 12.2 Å². The molecule has 1 saturated heterocycles. The lowest BCUT2D eigenvalue weighted by molar-refractivity contribution is -0.302. The van der Waals surface area contributed by atoms with Crippen LogP contribution in [0.2, 0.25) is 0 Å². The summed E-state index contributed by atoms with van der Waals surface area (Å²) in [5.41, 5.74) is 0. The molecule has 0 saturated carbocycles. The third kappa shape index (κ3) is 14.0. The summed E-state index contributed by atoms with van der Waals surface area (Å²) in [7, 11) is 0. The van der Waals surface area contributed by atoms with E-state index in [-0.39, 0.29) is 12.5 Å². The van der Waals surface area contributed by atoms with Crippen molar-refractivity contribution < 1.29 is 39.8 Å². The van der Waals surface area contributed by atoms with Crippen LogP contribution in [0.1, 0.15) is 104 Å². The first kappa shape index (κ1) is 34.0. The number of rotatable bonds is 21. The van der Waals surface area contributed by atoms with Gasteiger partial charge in [0.2, 0.25) is 5.91 Å². The first-order valence-corrected chi connectivity index (χ1v) is 14.4. The fraction of sp³-hybridized carbons (Fsp3) is 0.893. The minimum Gasteiger partial charge on any atom is -0.394 e. The molecule has 9 heteroatoms. The summed E-state index contributed by atoms with van der Waals surface area (Å²) in [5.74, 6) is -0.193. The highest BCUT2D eigenvalue weighted by Gasteiger charge is 2.44. The van der Waals surface area contributed by atoms with Gasteiger partial charge >= 0.3 is 0 Å². The van der Waals surface area contributed by atoms with Crippen molar-refractivity contribution in [2.75, 3.05) is 13.2 Å². The maximum absolute atomic E-state index is 12.6. The van der Waals surface area contributed by atoms with Crippen molar-refractivity contribution in [2.45, 2.75) is 147 Å². The van der Waals surface area contributed by atoms with Gasteiger partial charge < -0.3 is 40.3 Å². The molecule has 218 valence electrons. The molecule has 1 fully saturated rings. The zero-order valence-corrected chi connectivity index (χ0v) is 23.0. The molecule has 0 aliphatic carbocycles. The second-order valence-electron chi connectivity index (χ2n) is 10.2. The van der Waals surface area contributed by atoms with E-state index in [9.17, 15) is 30.3 Å². The summed E-state index contributed by atoms with van der Waals surface area (Å²) in [6.07, 6.45) is 10.6. The highest BCUT2D eigenvalue weighted by Crippen LogP contribution is 2.22. The lowest BCUT2D eigenvalue weighted by atomic mass is 9.99. The van der Waals surface area contributed by atoms with E-state index in [4.69, 9.17) is 9.47 Å². The third-order valence-electron chi connectivity index (χ3n) is 6.84. The van der Waals surface area contributed by atoms with Crippen LogP contribution in [0.4, 0.5) is 0 Å². The molecule has 1 aliphatic rings. The monoisotopic (exact) mass is 531 g/mol. The van der Waals surface area contributed by atoms with E-state index < -0.39 is 49.5 Å². The Morgan fingerprint density at radius 2 is 1.49 bits per heavy atom. The van der Waals surface area contributed by atoms with Crippen LogP contribution in [0.5, 0.6) is 0 Å². The Morgan fingerprint density at radius 3 is 2.05 bits per heavy atom. The molecule has 0 aromatic heterocycles. The highest BCUT2D eigenvalue weighted by molar-refractivity contribution is 5.76. The van der Waals surface area contributed by atoms with Gasteiger partial charge in [0.1, 0.15) is 24.4 Å². The fourth-order valence-corrected chi connectivity index (χ4v) is 4.39. The molecule has 0 aromatic carbocycles. The number of carbonyl (C=O) groups is 1. The molecule has 0 spiro atoms. The molecule has 1 heterocycles. The van der Waals surface area contributed by atoms with Crippen LogP contribution in [-0.2, 0) is 14.3 Å². The number of ether oxygens (including phenoxy) is 2. The summed E-state index contributed by atoms with van der Waals surface area (Å²) in [5, 5.41) is 52.9. The lowest BCUT2D eigenvalue weighted by Crippen LogP contribution is -2.60. The number of aliphatic hydroxyl groups excluding tert-OH is 5. The van der Waals surface area contributed by atoms with Gasteiger partial charge in [-0.3, -0.25) is 4.79 Å². The Labute approximate surface area is 223 Å². The van der Waals surface area contributed by atoms with E-state index in [1.807, 2.05) is 13.0 Å². The predicted octanol–water partition coefficient (Wildman–Crippen LogP) is 2.71. The summed E-state index contributed by atoms with van der Waals surface area (Å²) >= 11 is 0. The Hall–Kier alpha value is -1.07. The van der Waals surface area contributed by atoms with E-state index in [1.54, 1.807) is 6.08 Å². The maximum atomic E-state index is 12.6. The number of allylic oxidation sites excluding steroid dienone is 1. The van der Waals surface area contributed by atoms with Crippen LogP contribution in [0, 0.1) is 0 Å². The maximum Gasteiger partial charge on any atom is 0.220 e. The Balaban J connectivity index is 2.45. The Kier molecular flexibility index (Phi) is 19.1. The zero-order chi connectivity index (χ0) is 27.5. The van der Waals surface area contributed by atoms with Gasteiger partial charge in [-0.25, -0.2) is 0 Å². The Morgan fingerprint density at radius 1 is 0.892 bits per heavy atom. The molecule has 6 N–H and O–H groups in total. The normalized spacial score (nSPS) is 25.9. The molecule has 1 aliphatic heterocycles. The number of carbonyl (C=O) groups excluding carboxylic acids is 1. The van der Waals surface area contributed by atoms with Gasteiger partial charge in [-0.15, -0.1) is 0 Å². The van der Waals surface area contributed by atoms with Gasteiger partial charge in [0, 0.05) is 6.42 Å². The van der Waals surface area contributed by atoms with Gasteiger partial charge in [-0.2, -0.15) is 0 Å². The summed E-state index contributed by atoms with van der Waals surface area (Å²) in [6, 6.07) is -0.791. The van der Waals surface area contributed by atoms with Crippen molar-refractivity contribution in [3.8, 4) is 0 Å². The standard InChI is InChI=1S/C28H53NO8/c1-3-5-7-8-9-10-11-12-13-14-16-18-24(32)29-21(22(31)17-15-6-4-2)20-36-28-27(35)26(34)25(33)23(19-30)37-28/h15,17,21-23,25-28,30-31,33-35H,3-14,16,18-20H2,1-2H3,(H,29,32)/b17-15+. The molecule has 9 nitrogen and oxygen atoms in total. The van der Waals surface area contributed by atoms with Gasteiger partial charge in [-0.05, 0) is 12.8 Å². The third-order valence-corrected chi connectivity index (χ3v) is 6.84. The Bertz CT molecular complexity index is 603. The number of amides is 1. The molecule has 7 unspecified atom stereocenters. The molecule has 0 bridgehead atoms. The van der Waals surface area contributed by atoms with Crippen molar-refractivity contribution in [2.24, 2.45) is 0 Å². The van der Waals surface area contributed by atoms with Crippen LogP contribution < -0.4 is 5.32 Å². The van der Waals surface area contributed by atoms with Crippen molar-refractivity contribution >= 4 is 5.91 Å². The zero-order valence-electron chi connectivity index (χ0n) is 23.0. The largest absolute Gasteiger partial charge is 0.394 e. The number of unbranched alkanes of at least 4 members (excludes halogenated alkanes) is 11. The molecule has 7 atom stereocenters. The van der Waals surface area contributed by atoms with Crippen molar-refractivity contribution in [3.63, 3.8) is 0 Å². The van der Waals surface area contributed by atoms with Crippen LogP contribution >= 0.6 is 0 Å². The first-order chi connectivity index (χ1) is 17.8. The number of hydrogen-bond acceptors (Lipinski definition) is 8. The van der Waals surface area contributed by atoms with Crippen LogP contribution in [0.3, 0.4) is 0 Å². The van der Waals surface area contributed by atoms with E-state index in [0.717, 1.165) is 32.1 Å². The first-order valence-electron chi connectivity index (χ1n) is 14.4. The van der Waals surface area contributed by atoms with Crippen molar-refractivity contribution in [1.29, 1.82) is 0 Å². The summed E-state index contributed by atoms with van der Waals surface area (Å²) in [6.45, 7) is 3.49. The van der Waals surface area contributed by atoms with Crippen molar-refractivity contribution in [1.82, 2.24) is 5.32 Å². The average Bonchev–Trinajstić information content (AvgIpc) is 2.89. The highest BCUT2D eigenvalue weighted by atomic mass is 16.7. The van der Waals surface area contributed by atoms with E-state index in [2.05, 4.69) is 12.2 Å².